The van der Waals surface area contributed by atoms with E-state index in [1.165, 1.54) is 6.07 Å². The Labute approximate surface area is 138 Å². The first-order valence-corrected chi connectivity index (χ1v) is 7.23. The number of alkyl halides is 3. The zero-order valence-corrected chi connectivity index (χ0v) is 13.4. The minimum absolute atomic E-state index is 0. The van der Waals surface area contributed by atoms with Crippen molar-refractivity contribution in [2.75, 3.05) is 32.8 Å². The van der Waals surface area contributed by atoms with Crippen molar-refractivity contribution < 1.29 is 18.3 Å². The predicted molar refractivity (Wildman–Crippen MR) is 82.6 cm³/mol. The summed E-state index contributed by atoms with van der Waals surface area (Å²) in [5.74, 6) is 0. The first-order valence-electron chi connectivity index (χ1n) is 6.85. The van der Waals surface area contributed by atoms with E-state index >= 15 is 0 Å². The van der Waals surface area contributed by atoms with E-state index in [0.29, 0.717) is 17.0 Å². The molecule has 1 atom stereocenters. The smallest absolute Gasteiger partial charge is 0.396 e. The number of piperazine rings is 1. The second-order valence-corrected chi connectivity index (χ2v) is 5.46. The molecule has 2 rings (SSSR count). The van der Waals surface area contributed by atoms with Crippen molar-refractivity contribution in [1.82, 2.24) is 10.2 Å². The molecule has 0 bridgehead atoms. The highest BCUT2D eigenvalue weighted by atomic mass is 35.5. The fourth-order valence-electron chi connectivity index (χ4n) is 2.63. The van der Waals surface area contributed by atoms with Crippen LogP contribution in [0, 0.1) is 0 Å². The third-order valence-electron chi connectivity index (χ3n) is 3.68. The Morgan fingerprint density at radius 1 is 1.27 bits per heavy atom. The van der Waals surface area contributed by atoms with Gasteiger partial charge in [-0.25, -0.2) is 0 Å². The standard InChI is InChI=1S/C14H18ClF3N2O.ClH/c15-12-2-1-10(14(16,17)18)9-11(12)13(3-8-21)20-6-4-19-5-7-20;/h1-2,9,13,19,21H,3-8H2;1H/t13-;/m1./s1. The summed E-state index contributed by atoms with van der Waals surface area (Å²) >= 11 is 6.10. The quantitative estimate of drug-likeness (QED) is 0.867. The molecule has 2 N–H and O–H groups in total. The molecule has 1 heterocycles. The number of nitrogens with one attached hydrogen (secondary N) is 1. The maximum absolute atomic E-state index is 12.9. The van der Waals surface area contributed by atoms with Gasteiger partial charge in [-0.15, -0.1) is 12.4 Å². The monoisotopic (exact) mass is 358 g/mol. The third kappa shape index (κ3) is 4.73. The van der Waals surface area contributed by atoms with E-state index in [4.69, 9.17) is 11.6 Å². The molecular weight excluding hydrogens is 340 g/mol. The molecular formula is C14H19Cl2F3N2O. The van der Waals surface area contributed by atoms with Crippen LogP contribution in [0.15, 0.2) is 18.2 Å². The average molecular weight is 359 g/mol. The number of benzene rings is 1. The highest BCUT2D eigenvalue weighted by Gasteiger charge is 2.32. The fraction of sp³-hybridized carbons (Fsp3) is 0.571. The zero-order valence-electron chi connectivity index (χ0n) is 11.9. The highest BCUT2D eigenvalue weighted by Crippen LogP contribution is 2.36. The second kappa shape index (κ2) is 8.36. The number of aliphatic hydroxyl groups excluding tert-OH is 1. The van der Waals surface area contributed by atoms with Gasteiger partial charge in [0.05, 0.1) is 5.56 Å². The molecule has 0 aromatic heterocycles. The number of rotatable bonds is 4. The van der Waals surface area contributed by atoms with Gasteiger partial charge in [0.2, 0.25) is 0 Å². The molecule has 1 saturated heterocycles. The van der Waals surface area contributed by atoms with Crippen molar-refractivity contribution in [2.24, 2.45) is 0 Å². The van der Waals surface area contributed by atoms with Gasteiger partial charge in [-0.3, -0.25) is 4.90 Å². The maximum Gasteiger partial charge on any atom is 0.416 e. The number of aliphatic hydroxyl groups is 1. The summed E-state index contributed by atoms with van der Waals surface area (Å²) in [5, 5.41) is 12.7. The third-order valence-corrected chi connectivity index (χ3v) is 4.02. The molecule has 1 aliphatic rings. The number of hydrogen-bond donors (Lipinski definition) is 2. The van der Waals surface area contributed by atoms with Gasteiger partial charge in [0.1, 0.15) is 0 Å². The summed E-state index contributed by atoms with van der Waals surface area (Å²) in [6.45, 7) is 2.90. The summed E-state index contributed by atoms with van der Waals surface area (Å²) in [7, 11) is 0. The van der Waals surface area contributed by atoms with Gasteiger partial charge in [0, 0.05) is 43.9 Å². The Kier molecular flexibility index (Phi) is 7.41. The largest absolute Gasteiger partial charge is 0.416 e. The van der Waals surface area contributed by atoms with Crippen molar-refractivity contribution in [3.8, 4) is 0 Å². The van der Waals surface area contributed by atoms with Crippen molar-refractivity contribution in [2.45, 2.75) is 18.6 Å². The van der Waals surface area contributed by atoms with Crippen LogP contribution in [0.3, 0.4) is 0 Å². The first kappa shape index (κ1) is 19.5. The van der Waals surface area contributed by atoms with Crippen molar-refractivity contribution in [1.29, 1.82) is 0 Å². The minimum Gasteiger partial charge on any atom is -0.396 e. The van der Waals surface area contributed by atoms with E-state index in [9.17, 15) is 18.3 Å². The van der Waals surface area contributed by atoms with Gasteiger partial charge in [0.25, 0.3) is 0 Å². The summed E-state index contributed by atoms with van der Waals surface area (Å²) in [5.41, 5.74) is -0.276. The molecule has 3 nitrogen and oxygen atoms in total. The molecule has 0 spiro atoms. The predicted octanol–water partition coefficient (Wildman–Crippen LogP) is 3.11. The summed E-state index contributed by atoms with van der Waals surface area (Å²) in [6.07, 6.45) is -4.03. The summed E-state index contributed by atoms with van der Waals surface area (Å²) in [4.78, 5) is 2.06. The lowest BCUT2D eigenvalue weighted by Gasteiger charge is -2.35. The SMILES string of the molecule is Cl.OCC[C@H](c1cc(C(F)(F)F)ccc1Cl)N1CCNCC1. The Morgan fingerprint density at radius 3 is 2.45 bits per heavy atom. The van der Waals surface area contributed by atoms with Crippen LogP contribution in [0.1, 0.15) is 23.6 Å². The summed E-state index contributed by atoms with van der Waals surface area (Å²) in [6, 6.07) is 3.07. The van der Waals surface area contributed by atoms with Crippen LogP contribution in [0.2, 0.25) is 5.02 Å². The van der Waals surface area contributed by atoms with Crippen molar-refractivity contribution >= 4 is 24.0 Å². The van der Waals surface area contributed by atoms with Gasteiger partial charge >= 0.3 is 6.18 Å². The van der Waals surface area contributed by atoms with E-state index in [1.807, 2.05) is 0 Å². The maximum atomic E-state index is 12.9. The normalized spacial score (nSPS) is 17.9. The van der Waals surface area contributed by atoms with E-state index < -0.39 is 11.7 Å². The number of hydrogen-bond acceptors (Lipinski definition) is 3. The minimum atomic E-state index is -4.40. The van der Waals surface area contributed by atoms with Gasteiger partial charge in [-0.2, -0.15) is 13.2 Å². The van der Waals surface area contributed by atoms with Crippen molar-refractivity contribution in [3.63, 3.8) is 0 Å². The average Bonchev–Trinajstić information content (AvgIpc) is 2.45. The summed E-state index contributed by atoms with van der Waals surface area (Å²) < 4.78 is 38.6. The molecule has 1 aromatic rings. The van der Waals surface area contributed by atoms with Crippen LogP contribution in [-0.2, 0) is 6.18 Å². The van der Waals surface area contributed by atoms with Crippen LogP contribution in [-0.4, -0.2) is 42.8 Å². The molecule has 0 unspecified atom stereocenters. The van der Waals surface area contributed by atoms with E-state index in [-0.39, 0.29) is 25.1 Å². The Morgan fingerprint density at radius 2 is 1.91 bits per heavy atom. The van der Waals surface area contributed by atoms with Gasteiger partial charge in [0.15, 0.2) is 0 Å². The molecule has 8 heteroatoms. The molecule has 0 amide bonds. The van der Waals surface area contributed by atoms with Gasteiger partial charge < -0.3 is 10.4 Å². The number of halogens is 5. The van der Waals surface area contributed by atoms with Crippen LogP contribution in [0.25, 0.3) is 0 Å². The number of nitrogens with zero attached hydrogens (tertiary/aromatic N) is 1. The lowest BCUT2D eigenvalue weighted by atomic mass is 9.99. The highest BCUT2D eigenvalue weighted by molar-refractivity contribution is 6.31. The van der Waals surface area contributed by atoms with Gasteiger partial charge in [-0.05, 0) is 30.2 Å². The lowest BCUT2D eigenvalue weighted by Crippen LogP contribution is -2.45. The Balaban J connectivity index is 0.00000242. The topological polar surface area (TPSA) is 35.5 Å². The molecule has 126 valence electrons. The molecule has 0 radical (unpaired) electrons. The van der Waals surface area contributed by atoms with Crippen LogP contribution in [0.5, 0.6) is 0 Å². The lowest BCUT2D eigenvalue weighted by molar-refractivity contribution is -0.137. The van der Waals surface area contributed by atoms with Crippen LogP contribution < -0.4 is 5.32 Å². The Bertz CT molecular complexity index is 480. The van der Waals surface area contributed by atoms with E-state index in [1.54, 1.807) is 0 Å². The molecule has 1 aromatic carbocycles. The molecule has 22 heavy (non-hydrogen) atoms. The van der Waals surface area contributed by atoms with Crippen LogP contribution in [0.4, 0.5) is 13.2 Å². The molecule has 1 aliphatic heterocycles. The van der Waals surface area contributed by atoms with Crippen LogP contribution >= 0.6 is 24.0 Å². The zero-order chi connectivity index (χ0) is 15.5. The van der Waals surface area contributed by atoms with Gasteiger partial charge in [-0.1, -0.05) is 11.6 Å². The van der Waals surface area contributed by atoms with E-state index in [0.717, 1.165) is 38.3 Å². The van der Waals surface area contributed by atoms with E-state index in [2.05, 4.69) is 10.2 Å². The fourth-order valence-corrected chi connectivity index (χ4v) is 2.87. The molecule has 1 fully saturated rings. The molecule has 0 saturated carbocycles. The second-order valence-electron chi connectivity index (χ2n) is 5.05. The first-order chi connectivity index (χ1) is 9.93. The Hall–Kier alpha value is -0.530. The molecule has 0 aliphatic carbocycles. The van der Waals surface area contributed by atoms with Crippen molar-refractivity contribution in [3.05, 3.63) is 34.3 Å².